The molecule has 1 aromatic rings. The molecule has 0 saturated heterocycles. The fourth-order valence-corrected chi connectivity index (χ4v) is 3.21. The Bertz CT molecular complexity index is 390. The zero-order valence-electron chi connectivity index (χ0n) is 17.4. The van der Waals surface area contributed by atoms with Crippen LogP contribution in [-0.2, 0) is 16.1 Å². The third kappa shape index (κ3) is 13.4. The first kappa shape index (κ1) is 23.2. The maximum atomic E-state index is 6.12. The SMILES string of the molecule is CCCCCCCCCCC(COCc1ccccc1)OCCCCC. The number of rotatable bonds is 18. The van der Waals surface area contributed by atoms with Crippen LogP contribution in [-0.4, -0.2) is 19.3 Å². The van der Waals surface area contributed by atoms with Gasteiger partial charge in [-0.05, 0) is 18.4 Å². The van der Waals surface area contributed by atoms with Gasteiger partial charge in [0.2, 0.25) is 0 Å². The van der Waals surface area contributed by atoms with Crippen LogP contribution in [0.4, 0.5) is 0 Å². The van der Waals surface area contributed by atoms with Crippen LogP contribution in [0.1, 0.15) is 96.5 Å². The van der Waals surface area contributed by atoms with Crippen LogP contribution in [0.5, 0.6) is 0 Å². The summed E-state index contributed by atoms with van der Waals surface area (Å²) in [6.07, 6.45) is 16.0. The second-order valence-electron chi connectivity index (χ2n) is 7.46. The summed E-state index contributed by atoms with van der Waals surface area (Å²) < 4.78 is 12.1. The molecule has 0 spiro atoms. The zero-order chi connectivity index (χ0) is 18.7. The lowest BCUT2D eigenvalue weighted by atomic mass is 10.1. The average Bonchev–Trinajstić information content (AvgIpc) is 2.67. The molecule has 0 fully saturated rings. The predicted octanol–water partition coefficient (Wildman–Crippen LogP) is 7.31. The van der Waals surface area contributed by atoms with Crippen molar-refractivity contribution in [3.63, 3.8) is 0 Å². The largest absolute Gasteiger partial charge is 0.376 e. The third-order valence-corrected chi connectivity index (χ3v) is 4.90. The molecule has 0 heterocycles. The van der Waals surface area contributed by atoms with Gasteiger partial charge in [0, 0.05) is 6.61 Å². The van der Waals surface area contributed by atoms with E-state index in [9.17, 15) is 0 Å². The number of hydrogen-bond acceptors (Lipinski definition) is 2. The van der Waals surface area contributed by atoms with Crippen molar-refractivity contribution >= 4 is 0 Å². The lowest BCUT2D eigenvalue weighted by Gasteiger charge is -2.18. The smallest absolute Gasteiger partial charge is 0.0808 e. The molecule has 0 aromatic heterocycles. The minimum atomic E-state index is 0.260. The molecule has 2 nitrogen and oxygen atoms in total. The predicted molar refractivity (Wildman–Crippen MR) is 113 cm³/mol. The minimum Gasteiger partial charge on any atom is -0.376 e. The number of ether oxygens (including phenoxy) is 2. The van der Waals surface area contributed by atoms with Crippen LogP contribution < -0.4 is 0 Å². The highest BCUT2D eigenvalue weighted by Gasteiger charge is 2.09. The topological polar surface area (TPSA) is 18.5 Å². The van der Waals surface area contributed by atoms with Crippen LogP contribution in [0.25, 0.3) is 0 Å². The van der Waals surface area contributed by atoms with E-state index in [1.807, 2.05) is 6.07 Å². The van der Waals surface area contributed by atoms with Crippen LogP contribution >= 0.6 is 0 Å². The van der Waals surface area contributed by atoms with E-state index in [0.717, 1.165) is 19.6 Å². The fraction of sp³-hybridized carbons (Fsp3) is 0.750. The van der Waals surface area contributed by atoms with E-state index in [-0.39, 0.29) is 6.10 Å². The lowest BCUT2D eigenvalue weighted by molar-refractivity contribution is -0.0275. The molecule has 0 N–H and O–H groups in total. The third-order valence-electron chi connectivity index (χ3n) is 4.90. The van der Waals surface area contributed by atoms with Gasteiger partial charge < -0.3 is 9.47 Å². The molecule has 26 heavy (non-hydrogen) atoms. The fourth-order valence-electron chi connectivity index (χ4n) is 3.21. The van der Waals surface area contributed by atoms with Crippen LogP contribution in [0.15, 0.2) is 30.3 Å². The maximum Gasteiger partial charge on any atom is 0.0808 e. The van der Waals surface area contributed by atoms with Gasteiger partial charge in [-0.15, -0.1) is 0 Å². The quantitative estimate of drug-likeness (QED) is 0.255. The Morgan fingerprint density at radius 2 is 1.35 bits per heavy atom. The van der Waals surface area contributed by atoms with Crippen molar-refractivity contribution < 1.29 is 9.47 Å². The molecule has 0 aliphatic rings. The van der Waals surface area contributed by atoms with E-state index in [0.29, 0.717) is 6.61 Å². The molecule has 0 saturated carbocycles. The molecule has 0 aliphatic carbocycles. The standard InChI is InChI=1S/C24H42O2/c1-3-5-7-8-9-10-11-15-19-24(26-20-16-6-4-2)22-25-21-23-17-13-12-14-18-23/h12-14,17-18,24H,3-11,15-16,19-22H2,1-2H3. The summed E-state index contributed by atoms with van der Waals surface area (Å²) in [5.74, 6) is 0. The summed E-state index contributed by atoms with van der Waals surface area (Å²) in [7, 11) is 0. The van der Waals surface area contributed by atoms with Gasteiger partial charge >= 0.3 is 0 Å². The van der Waals surface area contributed by atoms with Crippen LogP contribution in [0, 0.1) is 0 Å². The van der Waals surface area contributed by atoms with Gasteiger partial charge in [-0.3, -0.25) is 0 Å². The Morgan fingerprint density at radius 3 is 2.04 bits per heavy atom. The lowest BCUT2D eigenvalue weighted by Crippen LogP contribution is -2.20. The van der Waals surface area contributed by atoms with Gasteiger partial charge in [0.25, 0.3) is 0 Å². The van der Waals surface area contributed by atoms with Crippen molar-refractivity contribution in [3.05, 3.63) is 35.9 Å². The number of unbranched alkanes of at least 4 members (excludes halogenated alkanes) is 9. The Kier molecular flexibility index (Phi) is 15.6. The van der Waals surface area contributed by atoms with Crippen molar-refractivity contribution in [2.45, 2.75) is 104 Å². The highest BCUT2D eigenvalue weighted by atomic mass is 16.5. The van der Waals surface area contributed by atoms with Gasteiger partial charge in [-0.1, -0.05) is 108 Å². The molecule has 1 unspecified atom stereocenters. The van der Waals surface area contributed by atoms with Crippen molar-refractivity contribution in [2.75, 3.05) is 13.2 Å². The molecule has 0 aliphatic heterocycles. The second kappa shape index (κ2) is 17.5. The molecule has 1 atom stereocenters. The maximum absolute atomic E-state index is 6.12. The summed E-state index contributed by atoms with van der Waals surface area (Å²) >= 11 is 0. The molecule has 150 valence electrons. The van der Waals surface area contributed by atoms with E-state index in [1.165, 1.54) is 76.2 Å². The highest BCUT2D eigenvalue weighted by molar-refractivity contribution is 5.13. The van der Waals surface area contributed by atoms with Crippen molar-refractivity contribution in [1.82, 2.24) is 0 Å². The van der Waals surface area contributed by atoms with E-state index in [1.54, 1.807) is 0 Å². The van der Waals surface area contributed by atoms with E-state index < -0.39 is 0 Å². The first-order valence-electron chi connectivity index (χ1n) is 11.1. The van der Waals surface area contributed by atoms with Crippen LogP contribution in [0.2, 0.25) is 0 Å². The Balaban J connectivity index is 2.16. The van der Waals surface area contributed by atoms with Crippen molar-refractivity contribution in [1.29, 1.82) is 0 Å². The molecular formula is C24H42O2. The molecule has 0 radical (unpaired) electrons. The van der Waals surface area contributed by atoms with Gasteiger partial charge in [0.15, 0.2) is 0 Å². The minimum absolute atomic E-state index is 0.260. The van der Waals surface area contributed by atoms with E-state index in [2.05, 4.69) is 38.1 Å². The zero-order valence-corrected chi connectivity index (χ0v) is 17.4. The van der Waals surface area contributed by atoms with E-state index >= 15 is 0 Å². The molecule has 1 aromatic carbocycles. The second-order valence-corrected chi connectivity index (χ2v) is 7.46. The van der Waals surface area contributed by atoms with Gasteiger partial charge in [-0.2, -0.15) is 0 Å². The summed E-state index contributed by atoms with van der Waals surface area (Å²) in [4.78, 5) is 0. The molecular weight excluding hydrogens is 320 g/mol. The molecule has 1 rings (SSSR count). The summed E-state index contributed by atoms with van der Waals surface area (Å²) in [6.45, 7) is 6.80. The van der Waals surface area contributed by atoms with Gasteiger partial charge in [0.05, 0.1) is 19.3 Å². The van der Waals surface area contributed by atoms with Crippen LogP contribution in [0.3, 0.4) is 0 Å². The summed E-state index contributed by atoms with van der Waals surface area (Å²) in [5, 5.41) is 0. The Hall–Kier alpha value is -0.860. The monoisotopic (exact) mass is 362 g/mol. The number of hydrogen-bond donors (Lipinski definition) is 0. The highest BCUT2D eigenvalue weighted by Crippen LogP contribution is 2.13. The first-order valence-corrected chi connectivity index (χ1v) is 11.1. The van der Waals surface area contributed by atoms with E-state index in [4.69, 9.17) is 9.47 Å². The van der Waals surface area contributed by atoms with Crippen molar-refractivity contribution in [2.24, 2.45) is 0 Å². The summed E-state index contributed by atoms with van der Waals surface area (Å²) in [6, 6.07) is 10.4. The number of benzene rings is 1. The average molecular weight is 363 g/mol. The molecule has 0 bridgehead atoms. The normalized spacial score (nSPS) is 12.4. The Morgan fingerprint density at radius 1 is 0.731 bits per heavy atom. The van der Waals surface area contributed by atoms with Crippen molar-refractivity contribution in [3.8, 4) is 0 Å². The summed E-state index contributed by atoms with van der Waals surface area (Å²) in [5.41, 5.74) is 1.24. The molecule has 2 heteroatoms. The van der Waals surface area contributed by atoms with Gasteiger partial charge in [-0.25, -0.2) is 0 Å². The van der Waals surface area contributed by atoms with Gasteiger partial charge in [0.1, 0.15) is 0 Å². The Labute approximate surface area is 162 Å². The molecule has 0 amide bonds. The first-order chi connectivity index (χ1) is 12.9.